The van der Waals surface area contributed by atoms with Crippen molar-refractivity contribution in [2.75, 3.05) is 6.54 Å². The van der Waals surface area contributed by atoms with Crippen molar-refractivity contribution in [2.45, 2.75) is 25.9 Å². The van der Waals surface area contributed by atoms with Crippen molar-refractivity contribution >= 4 is 0 Å². The Morgan fingerprint density at radius 2 is 2.07 bits per heavy atom. The zero-order chi connectivity index (χ0) is 10.7. The average Bonchev–Trinajstić information content (AvgIpc) is 2.17. The highest BCUT2D eigenvalue weighted by atomic mass is 19.1. The number of hydrogen-bond donors (Lipinski definition) is 2. The summed E-state index contributed by atoms with van der Waals surface area (Å²) in [6.07, 6.45) is -1.01. The summed E-state index contributed by atoms with van der Waals surface area (Å²) in [4.78, 5) is 0. The van der Waals surface area contributed by atoms with Crippen molar-refractivity contribution in [2.24, 2.45) is 5.73 Å². The molecule has 0 saturated carbocycles. The van der Waals surface area contributed by atoms with Crippen LogP contribution in [-0.4, -0.2) is 11.7 Å². The van der Waals surface area contributed by atoms with Gasteiger partial charge in [-0.3, -0.25) is 0 Å². The van der Waals surface area contributed by atoms with E-state index < -0.39 is 6.17 Å². The van der Waals surface area contributed by atoms with E-state index in [4.69, 9.17) is 5.73 Å². The van der Waals surface area contributed by atoms with Crippen LogP contribution < -0.4 is 5.73 Å². The summed E-state index contributed by atoms with van der Waals surface area (Å²) >= 11 is 0. The predicted octanol–water partition coefficient (Wildman–Crippen LogP) is 2.48. The van der Waals surface area contributed by atoms with E-state index in [2.05, 4.69) is 0 Å². The minimum atomic E-state index is -1.01. The Morgan fingerprint density at radius 3 is 2.57 bits per heavy atom. The molecule has 3 heteroatoms. The van der Waals surface area contributed by atoms with Crippen LogP contribution in [0, 0.1) is 0 Å². The van der Waals surface area contributed by atoms with Gasteiger partial charge in [-0.05, 0) is 42.6 Å². The summed E-state index contributed by atoms with van der Waals surface area (Å²) in [5.41, 5.74) is 6.79. The minimum absolute atomic E-state index is 0.0497. The number of benzene rings is 1. The molecule has 0 bridgehead atoms. The third-order valence-electron chi connectivity index (χ3n) is 2.40. The molecule has 2 atom stereocenters. The maximum absolute atomic E-state index is 13.0. The Kier molecular flexibility index (Phi) is 3.47. The number of alkyl halides is 1. The molecule has 0 heterocycles. The summed E-state index contributed by atoms with van der Waals surface area (Å²) in [7, 11) is 0. The van der Waals surface area contributed by atoms with Gasteiger partial charge in [-0.1, -0.05) is 13.0 Å². The topological polar surface area (TPSA) is 46.2 Å². The van der Waals surface area contributed by atoms with Gasteiger partial charge in [0.25, 0.3) is 0 Å². The molecular weight excluding hydrogens is 181 g/mol. The molecule has 14 heavy (non-hydrogen) atoms. The molecule has 0 saturated heterocycles. The normalized spacial score (nSPS) is 15.1. The summed E-state index contributed by atoms with van der Waals surface area (Å²) in [6.45, 7) is 3.82. The van der Waals surface area contributed by atoms with Gasteiger partial charge in [0.05, 0.1) is 0 Å². The molecule has 0 fully saturated rings. The highest BCUT2D eigenvalue weighted by Gasteiger charge is 2.11. The molecule has 0 spiro atoms. The fourth-order valence-electron chi connectivity index (χ4n) is 1.34. The Balaban J connectivity index is 3.08. The van der Waals surface area contributed by atoms with E-state index in [1.165, 1.54) is 13.0 Å². The first-order valence-electron chi connectivity index (χ1n) is 4.73. The van der Waals surface area contributed by atoms with Crippen LogP contribution in [0.1, 0.15) is 37.1 Å². The van der Waals surface area contributed by atoms with Crippen molar-refractivity contribution in [3.63, 3.8) is 0 Å². The SMILES string of the molecule is CC(F)c1ccc(O)c(C(C)CN)c1. The van der Waals surface area contributed by atoms with E-state index in [1.54, 1.807) is 12.1 Å². The van der Waals surface area contributed by atoms with Crippen LogP contribution in [0.4, 0.5) is 4.39 Å². The van der Waals surface area contributed by atoms with E-state index in [9.17, 15) is 9.50 Å². The number of phenolic OH excluding ortho intramolecular Hbond substituents is 1. The van der Waals surface area contributed by atoms with Crippen molar-refractivity contribution in [3.05, 3.63) is 29.3 Å². The molecule has 0 radical (unpaired) electrons. The van der Waals surface area contributed by atoms with Gasteiger partial charge in [-0.25, -0.2) is 4.39 Å². The van der Waals surface area contributed by atoms with Crippen molar-refractivity contribution in [1.82, 2.24) is 0 Å². The molecule has 0 aromatic heterocycles. The van der Waals surface area contributed by atoms with E-state index in [-0.39, 0.29) is 11.7 Å². The number of phenols is 1. The summed E-state index contributed by atoms with van der Waals surface area (Å²) in [5.74, 6) is 0.237. The second-order valence-electron chi connectivity index (χ2n) is 3.57. The molecule has 3 N–H and O–H groups in total. The first-order chi connectivity index (χ1) is 6.56. The van der Waals surface area contributed by atoms with Crippen LogP contribution >= 0.6 is 0 Å². The second-order valence-corrected chi connectivity index (χ2v) is 3.57. The predicted molar refractivity (Wildman–Crippen MR) is 55.1 cm³/mol. The molecule has 1 aromatic rings. The highest BCUT2D eigenvalue weighted by Crippen LogP contribution is 2.29. The Labute approximate surface area is 83.6 Å². The molecule has 78 valence electrons. The second kappa shape index (κ2) is 4.42. The first-order valence-corrected chi connectivity index (χ1v) is 4.73. The molecule has 0 aliphatic heterocycles. The van der Waals surface area contributed by atoms with Gasteiger partial charge < -0.3 is 10.8 Å². The summed E-state index contributed by atoms with van der Waals surface area (Å²) < 4.78 is 13.0. The van der Waals surface area contributed by atoms with Crippen molar-refractivity contribution in [1.29, 1.82) is 0 Å². The monoisotopic (exact) mass is 197 g/mol. The maximum Gasteiger partial charge on any atom is 0.122 e. The number of nitrogens with two attached hydrogens (primary N) is 1. The zero-order valence-electron chi connectivity index (χ0n) is 8.50. The van der Waals surface area contributed by atoms with E-state index in [0.717, 1.165) is 5.56 Å². The molecule has 2 unspecified atom stereocenters. The quantitative estimate of drug-likeness (QED) is 0.782. The van der Waals surface area contributed by atoms with E-state index in [0.29, 0.717) is 12.1 Å². The lowest BCUT2D eigenvalue weighted by Gasteiger charge is -2.13. The lowest BCUT2D eigenvalue weighted by Crippen LogP contribution is -2.09. The number of aromatic hydroxyl groups is 1. The Morgan fingerprint density at radius 1 is 1.43 bits per heavy atom. The zero-order valence-corrected chi connectivity index (χ0v) is 8.50. The number of halogens is 1. The van der Waals surface area contributed by atoms with E-state index >= 15 is 0 Å². The third kappa shape index (κ3) is 2.23. The van der Waals surface area contributed by atoms with Gasteiger partial charge in [0.15, 0.2) is 0 Å². The van der Waals surface area contributed by atoms with Crippen LogP contribution in [0.2, 0.25) is 0 Å². The molecular formula is C11H16FNO. The van der Waals surface area contributed by atoms with Gasteiger partial charge in [-0.15, -0.1) is 0 Å². The Hall–Kier alpha value is -1.09. The minimum Gasteiger partial charge on any atom is -0.508 e. The van der Waals surface area contributed by atoms with Crippen LogP contribution in [0.3, 0.4) is 0 Å². The van der Waals surface area contributed by atoms with Crippen LogP contribution in [0.25, 0.3) is 0 Å². The first kappa shape index (κ1) is 11.0. The number of rotatable bonds is 3. The molecule has 0 aliphatic rings. The maximum atomic E-state index is 13.0. The average molecular weight is 197 g/mol. The fraction of sp³-hybridized carbons (Fsp3) is 0.455. The molecule has 1 rings (SSSR count). The smallest absolute Gasteiger partial charge is 0.122 e. The largest absolute Gasteiger partial charge is 0.508 e. The standard InChI is InChI=1S/C11H16FNO/c1-7(6-13)10-5-9(8(2)12)3-4-11(10)14/h3-5,7-8,14H,6,13H2,1-2H3. The lowest BCUT2D eigenvalue weighted by atomic mass is 9.97. The van der Waals surface area contributed by atoms with Gasteiger partial charge in [0, 0.05) is 0 Å². The van der Waals surface area contributed by atoms with E-state index in [1.807, 2.05) is 6.92 Å². The van der Waals surface area contributed by atoms with Crippen molar-refractivity contribution in [3.8, 4) is 5.75 Å². The lowest BCUT2D eigenvalue weighted by molar-refractivity contribution is 0.373. The molecule has 0 aliphatic carbocycles. The third-order valence-corrected chi connectivity index (χ3v) is 2.40. The summed E-state index contributed by atoms with van der Waals surface area (Å²) in [6, 6.07) is 4.79. The molecule has 1 aromatic carbocycles. The van der Waals surface area contributed by atoms with Gasteiger partial charge in [0.1, 0.15) is 11.9 Å². The summed E-state index contributed by atoms with van der Waals surface area (Å²) in [5, 5.41) is 9.54. The fourth-order valence-corrected chi connectivity index (χ4v) is 1.34. The van der Waals surface area contributed by atoms with Gasteiger partial charge in [-0.2, -0.15) is 0 Å². The van der Waals surface area contributed by atoms with Crippen molar-refractivity contribution < 1.29 is 9.50 Å². The van der Waals surface area contributed by atoms with Crippen LogP contribution in [-0.2, 0) is 0 Å². The van der Waals surface area contributed by atoms with Crippen LogP contribution in [0.15, 0.2) is 18.2 Å². The molecule has 0 amide bonds. The number of hydrogen-bond acceptors (Lipinski definition) is 2. The molecule has 2 nitrogen and oxygen atoms in total. The van der Waals surface area contributed by atoms with Gasteiger partial charge in [0.2, 0.25) is 0 Å². The highest BCUT2D eigenvalue weighted by molar-refractivity contribution is 5.39. The Bertz CT molecular complexity index is 312. The van der Waals surface area contributed by atoms with Gasteiger partial charge >= 0.3 is 0 Å². The van der Waals surface area contributed by atoms with Crippen LogP contribution in [0.5, 0.6) is 5.75 Å².